The van der Waals surface area contributed by atoms with Gasteiger partial charge in [0, 0.05) is 22.7 Å². The van der Waals surface area contributed by atoms with Gasteiger partial charge >= 0.3 is 0 Å². The Labute approximate surface area is 169 Å². The van der Waals surface area contributed by atoms with Crippen LogP contribution in [0.25, 0.3) is 11.2 Å². The molecule has 1 saturated carbocycles. The minimum Gasteiger partial charge on any atom is -0.394 e. The lowest BCUT2D eigenvalue weighted by atomic mass is 10.2. The number of aromatic nitrogens is 4. The van der Waals surface area contributed by atoms with Crippen LogP contribution < -0.4 is 10.6 Å². The monoisotopic (exact) mass is 443 g/mol. The fourth-order valence-corrected chi connectivity index (χ4v) is 3.33. The second-order valence-electron chi connectivity index (χ2n) is 6.63. The number of rotatable bonds is 7. The van der Waals surface area contributed by atoms with Crippen LogP contribution in [0.4, 0.5) is 17.5 Å². The Morgan fingerprint density at radius 2 is 2.14 bits per heavy atom. The van der Waals surface area contributed by atoms with Gasteiger partial charge in [-0.25, -0.2) is 4.98 Å². The molecule has 0 amide bonds. The highest BCUT2D eigenvalue weighted by Crippen LogP contribution is 2.38. The van der Waals surface area contributed by atoms with Gasteiger partial charge in [0.25, 0.3) is 0 Å². The van der Waals surface area contributed by atoms with Crippen molar-refractivity contribution < 1.29 is 10.2 Å². The molecule has 1 atom stereocenters. The second kappa shape index (κ2) is 7.71. The summed E-state index contributed by atoms with van der Waals surface area (Å²) in [6, 6.07) is 7.80. The number of hydrogen-bond donors (Lipinski definition) is 4. The summed E-state index contributed by atoms with van der Waals surface area (Å²) in [5.41, 5.74) is 2.51. The van der Waals surface area contributed by atoms with Crippen LogP contribution in [0.5, 0.6) is 0 Å². The van der Waals surface area contributed by atoms with E-state index in [9.17, 15) is 10.4 Å². The number of aliphatic hydroxyl groups excluding tert-OH is 2. The third kappa shape index (κ3) is 3.91. The number of benzene rings is 1. The fourth-order valence-electron chi connectivity index (χ4n) is 2.84. The van der Waals surface area contributed by atoms with Gasteiger partial charge in [-0.1, -0.05) is 15.9 Å². The smallest absolute Gasteiger partial charge is 0.226 e. The van der Waals surface area contributed by atoms with Gasteiger partial charge in [0.05, 0.1) is 30.7 Å². The Balaban J connectivity index is 1.73. The highest BCUT2D eigenvalue weighted by Gasteiger charge is 2.27. The first-order valence-electron chi connectivity index (χ1n) is 8.82. The summed E-state index contributed by atoms with van der Waals surface area (Å²) in [7, 11) is 0. The van der Waals surface area contributed by atoms with Crippen LogP contribution in [0, 0.1) is 11.3 Å². The number of nitrogens with zero attached hydrogens (tertiary/aromatic N) is 5. The van der Waals surface area contributed by atoms with Crippen LogP contribution >= 0.6 is 15.9 Å². The Morgan fingerprint density at radius 3 is 2.86 bits per heavy atom. The van der Waals surface area contributed by atoms with E-state index in [0.717, 1.165) is 17.3 Å². The van der Waals surface area contributed by atoms with Gasteiger partial charge in [-0.15, -0.1) is 0 Å². The molecule has 0 saturated heterocycles. The van der Waals surface area contributed by atoms with Crippen molar-refractivity contribution >= 4 is 44.5 Å². The highest BCUT2D eigenvalue weighted by atomic mass is 79.9. The van der Waals surface area contributed by atoms with E-state index in [4.69, 9.17) is 5.11 Å². The number of hydrogen-bond acceptors (Lipinski definition) is 8. The Kier molecular flexibility index (Phi) is 5.13. The molecule has 2 aromatic heterocycles. The number of anilines is 3. The van der Waals surface area contributed by atoms with E-state index in [1.807, 2.05) is 10.6 Å². The van der Waals surface area contributed by atoms with Crippen molar-refractivity contribution in [3.05, 3.63) is 34.6 Å². The van der Waals surface area contributed by atoms with Crippen LogP contribution in [-0.2, 0) is 0 Å². The molecule has 28 heavy (non-hydrogen) atoms. The molecule has 0 unspecified atom stereocenters. The summed E-state index contributed by atoms with van der Waals surface area (Å²) in [4.78, 5) is 13.5. The van der Waals surface area contributed by atoms with E-state index in [2.05, 4.69) is 47.6 Å². The van der Waals surface area contributed by atoms with Gasteiger partial charge in [0.1, 0.15) is 0 Å². The van der Waals surface area contributed by atoms with E-state index in [0.29, 0.717) is 40.2 Å². The molecule has 2 heterocycles. The van der Waals surface area contributed by atoms with Gasteiger partial charge in [0.15, 0.2) is 17.0 Å². The maximum absolute atomic E-state index is 9.60. The normalized spacial score (nSPS) is 14.6. The minimum absolute atomic E-state index is 0.120. The van der Waals surface area contributed by atoms with Crippen molar-refractivity contribution in [2.75, 3.05) is 23.8 Å². The number of imidazole rings is 1. The molecule has 0 aliphatic heterocycles. The summed E-state index contributed by atoms with van der Waals surface area (Å²) in [5.74, 6) is 0.813. The minimum atomic E-state index is -0.910. The van der Waals surface area contributed by atoms with E-state index >= 15 is 0 Å². The molecule has 0 radical (unpaired) electrons. The molecule has 3 aromatic rings. The summed E-state index contributed by atoms with van der Waals surface area (Å²) in [6.07, 6.45) is 3.02. The van der Waals surface area contributed by atoms with Crippen LogP contribution in [0.1, 0.15) is 24.4 Å². The van der Waals surface area contributed by atoms with Crippen LogP contribution in [0.2, 0.25) is 0 Å². The largest absolute Gasteiger partial charge is 0.394 e. The van der Waals surface area contributed by atoms with E-state index in [1.54, 1.807) is 18.5 Å². The second-order valence-corrected chi connectivity index (χ2v) is 7.55. The Morgan fingerprint density at radius 1 is 1.32 bits per heavy atom. The van der Waals surface area contributed by atoms with Crippen molar-refractivity contribution in [2.45, 2.75) is 25.0 Å². The van der Waals surface area contributed by atoms with Crippen LogP contribution in [0.3, 0.4) is 0 Å². The molecule has 144 valence electrons. The Hall–Kier alpha value is -2.74. The lowest BCUT2D eigenvalue weighted by Gasteiger charge is -2.12. The molecule has 1 aliphatic carbocycles. The number of nitrogens with one attached hydrogen (secondary N) is 2. The molecule has 4 rings (SSSR count). The Bertz CT molecular complexity index is 1060. The topological polar surface area (TPSA) is 132 Å². The van der Waals surface area contributed by atoms with Crippen molar-refractivity contribution in [1.82, 2.24) is 19.5 Å². The molecule has 4 N–H and O–H groups in total. The lowest BCUT2D eigenvalue weighted by molar-refractivity contribution is 0.105. The van der Waals surface area contributed by atoms with Crippen molar-refractivity contribution in [2.24, 2.45) is 0 Å². The van der Waals surface area contributed by atoms with Gasteiger partial charge in [-0.3, -0.25) is 0 Å². The van der Waals surface area contributed by atoms with E-state index in [-0.39, 0.29) is 13.2 Å². The van der Waals surface area contributed by atoms with Gasteiger partial charge in [0.2, 0.25) is 5.95 Å². The zero-order chi connectivity index (χ0) is 19.7. The zero-order valence-electron chi connectivity index (χ0n) is 14.8. The van der Waals surface area contributed by atoms with Crippen molar-refractivity contribution in [3.8, 4) is 6.07 Å². The molecule has 1 fully saturated rings. The lowest BCUT2D eigenvalue weighted by Crippen LogP contribution is -2.24. The number of halogens is 1. The molecule has 9 nitrogen and oxygen atoms in total. The van der Waals surface area contributed by atoms with Gasteiger partial charge in [-0.05, 0) is 31.0 Å². The summed E-state index contributed by atoms with van der Waals surface area (Å²) < 4.78 is 2.80. The SMILES string of the molecule is N#Cc1cc(Br)cc(Nc2nc(NC[C@H](O)CO)nc3c2ncn3C2CC2)c1. The maximum Gasteiger partial charge on any atom is 0.226 e. The van der Waals surface area contributed by atoms with Crippen molar-refractivity contribution in [3.63, 3.8) is 0 Å². The van der Waals surface area contributed by atoms with Gasteiger partial charge in [-0.2, -0.15) is 15.2 Å². The quantitative estimate of drug-likeness (QED) is 0.437. The highest BCUT2D eigenvalue weighted by molar-refractivity contribution is 9.10. The molecule has 1 aliphatic rings. The molecular formula is C18H18BrN7O2. The van der Waals surface area contributed by atoms with Crippen LogP contribution in [0.15, 0.2) is 29.0 Å². The predicted molar refractivity (Wildman–Crippen MR) is 107 cm³/mol. The average molecular weight is 444 g/mol. The third-order valence-electron chi connectivity index (χ3n) is 4.36. The summed E-state index contributed by atoms with van der Waals surface area (Å²) in [6.45, 7) is -0.232. The summed E-state index contributed by atoms with van der Waals surface area (Å²) >= 11 is 3.40. The number of fused-ring (bicyclic) bond motifs is 1. The molecule has 0 bridgehead atoms. The maximum atomic E-state index is 9.60. The van der Waals surface area contributed by atoms with E-state index < -0.39 is 6.10 Å². The number of nitriles is 1. The standard InChI is InChI=1S/C18H18BrN7O2/c19-11-3-10(6-20)4-12(5-11)23-16-15-17(26(9-22-15)13-1-2-13)25-18(24-16)21-7-14(28)8-27/h3-5,9,13-14,27-28H,1-2,7-8H2,(H2,21,23,24,25)/t14-/m0/s1. The first kappa shape index (κ1) is 18.6. The van der Waals surface area contributed by atoms with Gasteiger partial charge < -0.3 is 25.4 Å². The molecular weight excluding hydrogens is 426 g/mol. The summed E-state index contributed by atoms with van der Waals surface area (Å²) in [5, 5.41) is 34.0. The number of aliphatic hydroxyl groups is 2. The zero-order valence-corrected chi connectivity index (χ0v) is 16.4. The average Bonchev–Trinajstić information content (AvgIpc) is 3.44. The molecule has 10 heteroatoms. The third-order valence-corrected chi connectivity index (χ3v) is 4.82. The first-order valence-corrected chi connectivity index (χ1v) is 9.61. The van der Waals surface area contributed by atoms with Crippen molar-refractivity contribution in [1.29, 1.82) is 5.26 Å². The fraction of sp³-hybridized carbons (Fsp3) is 0.333. The van der Waals surface area contributed by atoms with Crippen LogP contribution in [-0.4, -0.2) is 49.0 Å². The first-order chi connectivity index (χ1) is 13.6. The van der Waals surface area contributed by atoms with E-state index in [1.165, 1.54) is 0 Å². The molecule has 0 spiro atoms. The predicted octanol–water partition coefficient (Wildman–Crippen LogP) is 2.30. The molecule has 1 aromatic carbocycles.